The number of hydrogen-bond donors (Lipinski definition) is 2. The molecule has 0 amide bonds. The van der Waals surface area contributed by atoms with E-state index in [1.807, 2.05) is 0 Å². The first-order valence-electron chi connectivity index (χ1n) is 3.99. The molecule has 2 atom stereocenters. The average molecular weight is 170 g/mol. The minimum Gasteiger partial charge on any atom is -0.383 e. The summed E-state index contributed by atoms with van der Waals surface area (Å²) in [6.07, 6.45) is 5.14. The molecule has 1 aliphatic rings. The Morgan fingerprint density at radius 3 is 2.58 bits per heavy atom. The van der Waals surface area contributed by atoms with Crippen molar-refractivity contribution in [3.8, 4) is 0 Å². The highest BCUT2D eigenvalue weighted by Gasteiger charge is 2.34. The Bertz CT molecular complexity index is 208. The quantitative estimate of drug-likeness (QED) is 0.596. The zero-order valence-electron chi connectivity index (χ0n) is 7.27. The van der Waals surface area contributed by atoms with Gasteiger partial charge in [-0.2, -0.15) is 0 Å². The lowest BCUT2D eigenvalue weighted by atomic mass is 10.0. The molecule has 0 fully saturated rings. The zero-order chi connectivity index (χ0) is 9.19. The van der Waals surface area contributed by atoms with Gasteiger partial charge in [-0.05, 0) is 19.9 Å². The third kappa shape index (κ3) is 1.94. The topological polar surface area (TPSA) is 49.7 Å². The highest BCUT2D eigenvalue weighted by Crippen LogP contribution is 2.21. The van der Waals surface area contributed by atoms with Crippen molar-refractivity contribution >= 4 is 0 Å². The molecule has 68 valence electrons. The maximum Gasteiger partial charge on any atom is 0.216 e. The Morgan fingerprint density at radius 1 is 1.42 bits per heavy atom. The van der Waals surface area contributed by atoms with Gasteiger partial charge in [0.2, 0.25) is 5.79 Å². The summed E-state index contributed by atoms with van der Waals surface area (Å²) in [5.41, 5.74) is 0. The lowest BCUT2D eigenvalue weighted by Gasteiger charge is -2.31. The van der Waals surface area contributed by atoms with Crippen molar-refractivity contribution in [3.05, 3.63) is 24.3 Å². The summed E-state index contributed by atoms with van der Waals surface area (Å²) in [7, 11) is 0. The number of aliphatic hydroxyl groups is 2. The van der Waals surface area contributed by atoms with Crippen LogP contribution in [-0.4, -0.2) is 28.2 Å². The van der Waals surface area contributed by atoms with Crippen molar-refractivity contribution in [3.63, 3.8) is 0 Å². The van der Waals surface area contributed by atoms with E-state index >= 15 is 0 Å². The van der Waals surface area contributed by atoms with Crippen LogP contribution >= 0.6 is 0 Å². The first kappa shape index (κ1) is 9.45. The summed E-state index contributed by atoms with van der Waals surface area (Å²) < 4.78 is 5.16. The molecule has 0 saturated carbocycles. The van der Waals surface area contributed by atoms with Crippen molar-refractivity contribution in [2.45, 2.75) is 31.8 Å². The third-order valence-corrected chi connectivity index (χ3v) is 1.59. The molecule has 0 saturated heterocycles. The molecule has 12 heavy (non-hydrogen) atoms. The highest BCUT2D eigenvalue weighted by atomic mass is 16.6. The van der Waals surface area contributed by atoms with E-state index in [1.165, 1.54) is 12.2 Å². The first-order chi connectivity index (χ1) is 5.54. The fourth-order valence-electron chi connectivity index (χ4n) is 1.09. The Balaban J connectivity index is 2.69. The molecule has 2 unspecified atom stereocenters. The molecular formula is C9H14O3. The smallest absolute Gasteiger partial charge is 0.216 e. The van der Waals surface area contributed by atoms with Crippen LogP contribution in [-0.2, 0) is 4.74 Å². The van der Waals surface area contributed by atoms with Gasteiger partial charge in [-0.1, -0.05) is 18.2 Å². The van der Waals surface area contributed by atoms with E-state index in [4.69, 9.17) is 4.74 Å². The SMILES string of the molecule is CC(C)OC1(O)C=CC=CC1O. The van der Waals surface area contributed by atoms with E-state index in [-0.39, 0.29) is 6.10 Å². The second kappa shape index (κ2) is 3.39. The molecule has 0 spiro atoms. The molecule has 2 N–H and O–H groups in total. The Labute approximate surface area is 72.0 Å². The van der Waals surface area contributed by atoms with Crippen LogP contribution in [0.1, 0.15) is 13.8 Å². The molecule has 3 nitrogen and oxygen atoms in total. The van der Waals surface area contributed by atoms with Crippen LogP contribution in [0, 0.1) is 0 Å². The Kier molecular flexibility index (Phi) is 2.67. The van der Waals surface area contributed by atoms with Gasteiger partial charge < -0.3 is 14.9 Å². The van der Waals surface area contributed by atoms with Crippen LogP contribution in [0.4, 0.5) is 0 Å². The number of allylic oxidation sites excluding steroid dienone is 2. The minimum absolute atomic E-state index is 0.124. The number of aliphatic hydroxyl groups excluding tert-OH is 1. The molecular weight excluding hydrogens is 156 g/mol. The van der Waals surface area contributed by atoms with Crippen molar-refractivity contribution in [1.29, 1.82) is 0 Å². The number of rotatable bonds is 2. The van der Waals surface area contributed by atoms with E-state index in [0.717, 1.165) is 0 Å². The molecule has 0 aliphatic heterocycles. The van der Waals surface area contributed by atoms with Crippen LogP contribution in [0.2, 0.25) is 0 Å². The molecule has 1 rings (SSSR count). The van der Waals surface area contributed by atoms with E-state index < -0.39 is 11.9 Å². The zero-order valence-corrected chi connectivity index (χ0v) is 7.27. The second-order valence-corrected chi connectivity index (χ2v) is 3.11. The van der Waals surface area contributed by atoms with Crippen LogP contribution in [0.3, 0.4) is 0 Å². The van der Waals surface area contributed by atoms with Crippen molar-refractivity contribution in [1.82, 2.24) is 0 Å². The van der Waals surface area contributed by atoms with Gasteiger partial charge in [0.25, 0.3) is 0 Å². The molecule has 0 radical (unpaired) electrons. The predicted molar refractivity (Wildman–Crippen MR) is 45.5 cm³/mol. The Morgan fingerprint density at radius 2 is 2.08 bits per heavy atom. The fraction of sp³-hybridized carbons (Fsp3) is 0.556. The lowest BCUT2D eigenvalue weighted by Crippen LogP contribution is -2.44. The van der Waals surface area contributed by atoms with Gasteiger partial charge >= 0.3 is 0 Å². The monoisotopic (exact) mass is 170 g/mol. The summed E-state index contributed by atoms with van der Waals surface area (Å²) in [6, 6.07) is 0. The normalized spacial score (nSPS) is 34.6. The summed E-state index contributed by atoms with van der Waals surface area (Å²) in [6.45, 7) is 3.60. The second-order valence-electron chi connectivity index (χ2n) is 3.11. The maximum absolute atomic E-state index is 9.70. The third-order valence-electron chi connectivity index (χ3n) is 1.59. The maximum atomic E-state index is 9.70. The minimum atomic E-state index is -1.55. The summed E-state index contributed by atoms with van der Waals surface area (Å²) >= 11 is 0. The molecule has 0 aromatic rings. The molecule has 0 bridgehead atoms. The van der Waals surface area contributed by atoms with Crippen molar-refractivity contribution in [2.75, 3.05) is 0 Å². The lowest BCUT2D eigenvalue weighted by molar-refractivity contribution is -0.229. The molecule has 3 heteroatoms. The molecule has 0 aromatic heterocycles. The largest absolute Gasteiger partial charge is 0.383 e. The van der Waals surface area contributed by atoms with Gasteiger partial charge in [-0.15, -0.1) is 0 Å². The van der Waals surface area contributed by atoms with E-state index in [9.17, 15) is 10.2 Å². The summed E-state index contributed by atoms with van der Waals surface area (Å²) in [5, 5.41) is 19.1. The summed E-state index contributed by atoms with van der Waals surface area (Å²) in [4.78, 5) is 0. The molecule has 0 heterocycles. The van der Waals surface area contributed by atoms with Gasteiger partial charge in [0.15, 0.2) is 0 Å². The van der Waals surface area contributed by atoms with E-state index in [2.05, 4.69) is 0 Å². The fourth-order valence-corrected chi connectivity index (χ4v) is 1.09. The average Bonchev–Trinajstić information content (AvgIpc) is 1.94. The van der Waals surface area contributed by atoms with Crippen LogP contribution < -0.4 is 0 Å². The highest BCUT2D eigenvalue weighted by molar-refractivity contribution is 5.19. The van der Waals surface area contributed by atoms with Crippen LogP contribution in [0.15, 0.2) is 24.3 Å². The van der Waals surface area contributed by atoms with E-state index in [0.29, 0.717) is 0 Å². The first-order valence-corrected chi connectivity index (χ1v) is 3.99. The van der Waals surface area contributed by atoms with Crippen molar-refractivity contribution < 1.29 is 14.9 Å². The van der Waals surface area contributed by atoms with Crippen LogP contribution in [0.5, 0.6) is 0 Å². The Hall–Kier alpha value is -0.640. The van der Waals surface area contributed by atoms with Gasteiger partial charge in [0.05, 0.1) is 6.10 Å². The molecule has 0 aromatic carbocycles. The van der Waals surface area contributed by atoms with Gasteiger partial charge in [0.1, 0.15) is 6.10 Å². The predicted octanol–water partition coefficient (Wildman–Crippen LogP) is 0.587. The molecule has 1 aliphatic carbocycles. The van der Waals surface area contributed by atoms with Crippen LogP contribution in [0.25, 0.3) is 0 Å². The summed E-state index contributed by atoms with van der Waals surface area (Å²) in [5.74, 6) is -1.55. The van der Waals surface area contributed by atoms with Gasteiger partial charge in [-0.25, -0.2) is 0 Å². The number of ether oxygens (including phenoxy) is 1. The van der Waals surface area contributed by atoms with E-state index in [1.54, 1.807) is 26.0 Å². The van der Waals surface area contributed by atoms with Gasteiger partial charge in [-0.3, -0.25) is 0 Å². The van der Waals surface area contributed by atoms with Gasteiger partial charge in [0, 0.05) is 0 Å². The standard InChI is InChI=1S/C9H14O3/c1-7(2)12-9(11)6-4-3-5-8(9)10/h3-8,10-11H,1-2H3. The number of hydrogen-bond acceptors (Lipinski definition) is 3. The van der Waals surface area contributed by atoms with Crippen molar-refractivity contribution in [2.24, 2.45) is 0 Å².